The summed E-state index contributed by atoms with van der Waals surface area (Å²) in [6.07, 6.45) is 7.85. The van der Waals surface area contributed by atoms with Crippen LogP contribution in [0.1, 0.15) is 71.6 Å². The zero-order valence-electron chi connectivity index (χ0n) is 20.5. The maximum Gasteiger partial charge on any atom is 0.306 e. The first-order chi connectivity index (χ1) is 16.4. The first-order valence-corrected chi connectivity index (χ1v) is 12.7. The van der Waals surface area contributed by atoms with Gasteiger partial charge in [-0.1, -0.05) is 25.5 Å². The number of rotatable bonds is 8. The third-order valence-corrected chi connectivity index (χ3v) is 9.49. The van der Waals surface area contributed by atoms with Gasteiger partial charge in [0.05, 0.1) is 6.10 Å². The predicted octanol–water partition coefficient (Wildman–Crippen LogP) is 2.75. The first-order valence-electron chi connectivity index (χ1n) is 12.7. The Bertz CT molecular complexity index is 982. The number of esters is 1. The summed E-state index contributed by atoms with van der Waals surface area (Å²) in [5.74, 6) is -2.05. The lowest BCUT2D eigenvalue weighted by Crippen LogP contribution is -2.61. The van der Waals surface area contributed by atoms with Gasteiger partial charge in [-0.05, 0) is 68.9 Å². The molecule has 4 aliphatic rings. The average Bonchev–Trinajstić information content (AvgIpc) is 3.06. The third kappa shape index (κ3) is 4.29. The number of unbranched alkanes of at least 4 members (excludes halogenated alkanes) is 1. The normalized spacial score (nSPS) is 39.8. The fourth-order valence-corrected chi connectivity index (χ4v) is 7.67. The van der Waals surface area contributed by atoms with Crippen LogP contribution in [0.15, 0.2) is 23.8 Å². The molecule has 35 heavy (non-hydrogen) atoms. The molecule has 0 unspecified atom stereocenters. The largest absolute Gasteiger partial charge is 0.481 e. The van der Waals surface area contributed by atoms with Crippen molar-refractivity contribution in [3.63, 3.8) is 0 Å². The summed E-state index contributed by atoms with van der Waals surface area (Å²) in [6, 6.07) is 0. The Kier molecular flexibility index (Phi) is 6.83. The number of aliphatic hydroxyl groups excluding tert-OH is 1. The first kappa shape index (κ1) is 25.8. The minimum Gasteiger partial charge on any atom is -0.481 e. The molecule has 0 saturated heterocycles. The number of carboxylic acid groups (broad SMARTS) is 1. The zero-order chi connectivity index (χ0) is 25.6. The van der Waals surface area contributed by atoms with Gasteiger partial charge < -0.3 is 20.1 Å². The third-order valence-electron chi connectivity index (χ3n) is 9.49. The molecule has 3 saturated carbocycles. The minimum atomic E-state index is -1.69. The van der Waals surface area contributed by atoms with E-state index in [4.69, 9.17) is 9.84 Å². The highest BCUT2D eigenvalue weighted by Crippen LogP contribution is 2.67. The molecule has 0 bridgehead atoms. The van der Waals surface area contributed by atoms with E-state index in [1.807, 2.05) is 13.0 Å². The number of hydrogen-bond acceptors (Lipinski definition) is 7. The van der Waals surface area contributed by atoms with Crippen molar-refractivity contribution in [1.82, 2.24) is 0 Å². The number of ketones is 2. The van der Waals surface area contributed by atoms with E-state index < -0.39 is 46.9 Å². The molecule has 4 aliphatic carbocycles. The lowest BCUT2D eigenvalue weighted by atomic mass is 9.46. The molecule has 3 fully saturated rings. The van der Waals surface area contributed by atoms with Gasteiger partial charge in [-0.3, -0.25) is 19.2 Å². The van der Waals surface area contributed by atoms with Crippen LogP contribution >= 0.6 is 0 Å². The summed E-state index contributed by atoms with van der Waals surface area (Å²) in [4.78, 5) is 47.7. The van der Waals surface area contributed by atoms with Crippen LogP contribution in [0.2, 0.25) is 0 Å². The number of ether oxygens (including phenoxy) is 1. The van der Waals surface area contributed by atoms with Crippen molar-refractivity contribution in [2.75, 3.05) is 6.61 Å². The summed E-state index contributed by atoms with van der Waals surface area (Å²) in [6.45, 7) is 3.42. The zero-order valence-corrected chi connectivity index (χ0v) is 20.5. The number of carboxylic acids is 1. The van der Waals surface area contributed by atoms with E-state index >= 15 is 0 Å². The van der Waals surface area contributed by atoms with Gasteiger partial charge in [0.25, 0.3) is 0 Å². The summed E-state index contributed by atoms with van der Waals surface area (Å²) in [5, 5.41) is 31.7. The molecule has 7 atom stereocenters. The number of aliphatic carboxylic acids is 1. The Morgan fingerprint density at radius 2 is 1.86 bits per heavy atom. The van der Waals surface area contributed by atoms with Crippen LogP contribution in [0.25, 0.3) is 0 Å². The molecule has 8 heteroatoms. The molecule has 0 aliphatic heterocycles. The smallest absolute Gasteiger partial charge is 0.306 e. The number of carbonyl (C=O) groups is 4. The maximum absolute atomic E-state index is 13.2. The van der Waals surface area contributed by atoms with Crippen LogP contribution in [0.4, 0.5) is 0 Å². The number of allylic oxidation sites excluding steroid dienone is 4. The van der Waals surface area contributed by atoms with E-state index in [1.54, 1.807) is 12.2 Å². The lowest BCUT2D eigenvalue weighted by molar-refractivity contribution is -0.181. The van der Waals surface area contributed by atoms with E-state index in [0.717, 1.165) is 18.4 Å². The number of carbonyl (C=O) groups excluding carboxylic acids is 3. The van der Waals surface area contributed by atoms with Crippen LogP contribution in [0.3, 0.4) is 0 Å². The SMILES string of the molecule is C[C@]12C=CC(=O)C=C1CC[C@@H]1[C@@H]2[C@@H](O)C[C@@]2(C)[C@H]1CC[C@]2(O)C(=O)COC(=O)CCCCC(=O)O. The molecule has 0 radical (unpaired) electrons. The Morgan fingerprint density at radius 3 is 2.57 bits per heavy atom. The van der Waals surface area contributed by atoms with Gasteiger partial charge in [0, 0.05) is 29.6 Å². The maximum atomic E-state index is 13.2. The van der Waals surface area contributed by atoms with Crippen LogP contribution in [-0.4, -0.2) is 57.1 Å². The summed E-state index contributed by atoms with van der Waals surface area (Å²) < 4.78 is 5.14. The summed E-state index contributed by atoms with van der Waals surface area (Å²) >= 11 is 0. The molecular weight excluding hydrogens is 452 g/mol. The van der Waals surface area contributed by atoms with Crippen molar-refractivity contribution < 1.29 is 39.2 Å². The van der Waals surface area contributed by atoms with E-state index in [2.05, 4.69) is 6.92 Å². The van der Waals surface area contributed by atoms with Crippen molar-refractivity contribution >= 4 is 23.5 Å². The van der Waals surface area contributed by atoms with Crippen LogP contribution in [0.5, 0.6) is 0 Å². The number of hydrogen-bond donors (Lipinski definition) is 3. The van der Waals surface area contributed by atoms with Crippen molar-refractivity contribution in [3.8, 4) is 0 Å². The Balaban J connectivity index is 1.45. The van der Waals surface area contributed by atoms with Gasteiger partial charge in [-0.2, -0.15) is 0 Å². The molecule has 0 spiro atoms. The van der Waals surface area contributed by atoms with E-state index in [0.29, 0.717) is 19.3 Å². The molecule has 0 heterocycles. The molecule has 8 nitrogen and oxygen atoms in total. The van der Waals surface area contributed by atoms with E-state index in [1.165, 1.54) is 0 Å². The molecule has 0 aromatic rings. The topological polar surface area (TPSA) is 138 Å². The molecule has 0 aromatic heterocycles. The highest BCUT2D eigenvalue weighted by Gasteiger charge is 2.68. The van der Waals surface area contributed by atoms with Gasteiger partial charge >= 0.3 is 11.9 Å². The standard InChI is InChI=1S/C27H36O8/c1-25-11-9-17(28)13-16(25)7-8-18-19-10-12-27(34,26(19,2)14-20(29)24(18)25)21(30)15-35-23(33)6-4-3-5-22(31)32/h9,11,13,18-20,24,29,34H,3-8,10,12,14-15H2,1-2H3,(H,31,32)/t18-,19-,20-,24+,25-,26-,27-/m0/s1. The molecular formula is C27H36O8. The number of Topliss-reactive ketones (excluding diaryl/α,β-unsaturated/α-hetero) is 1. The Hall–Kier alpha value is -2.32. The van der Waals surface area contributed by atoms with E-state index in [-0.39, 0.29) is 49.2 Å². The van der Waals surface area contributed by atoms with Gasteiger partial charge in [0.1, 0.15) is 5.60 Å². The molecule has 0 amide bonds. The van der Waals surface area contributed by atoms with Crippen molar-refractivity contribution in [1.29, 1.82) is 0 Å². The molecule has 192 valence electrons. The lowest BCUT2D eigenvalue weighted by Gasteiger charge is -2.59. The summed E-state index contributed by atoms with van der Waals surface area (Å²) in [5.41, 5.74) is -1.90. The second kappa shape index (κ2) is 9.28. The molecule has 3 N–H and O–H groups in total. The molecule has 0 aromatic carbocycles. The predicted molar refractivity (Wildman–Crippen MR) is 125 cm³/mol. The average molecular weight is 489 g/mol. The van der Waals surface area contributed by atoms with Gasteiger partial charge in [-0.25, -0.2) is 0 Å². The fourth-order valence-electron chi connectivity index (χ4n) is 7.67. The fraction of sp³-hybridized carbons (Fsp3) is 0.704. The van der Waals surface area contributed by atoms with Crippen LogP contribution in [-0.2, 0) is 23.9 Å². The van der Waals surface area contributed by atoms with Crippen LogP contribution in [0, 0.1) is 28.6 Å². The van der Waals surface area contributed by atoms with Crippen LogP contribution < -0.4 is 0 Å². The quantitative estimate of drug-likeness (QED) is 0.350. The minimum absolute atomic E-state index is 0.0196. The highest BCUT2D eigenvalue weighted by molar-refractivity contribution is 6.01. The van der Waals surface area contributed by atoms with Crippen molar-refractivity contribution in [2.45, 2.75) is 83.3 Å². The molecule has 4 rings (SSSR count). The van der Waals surface area contributed by atoms with Gasteiger partial charge in [0.2, 0.25) is 5.78 Å². The van der Waals surface area contributed by atoms with Crippen molar-refractivity contribution in [3.05, 3.63) is 23.8 Å². The Morgan fingerprint density at radius 1 is 1.14 bits per heavy atom. The highest BCUT2D eigenvalue weighted by atomic mass is 16.5. The second-order valence-electron chi connectivity index (χ2n) is 11.3. The number of aliphatic hydroxyl groups is 2. The van der Waals surface area contributed by atoms with Gasteiger partial charge in [0.15, 0.2) is 12.4 Å². The number of fused-ring (bicyclic) bond motifs is 5. The van der Waals surface area contributed by atoms with Gasteiger partial charge in [-0.15, -0.1) is 0 Å². The second-order valence-corrected chi connectivity index (χ2v) is 11.3. The monoisotopic (exact) mass is 488 g/mol. The van der Waals surface area contributed by atoms with E-state index in [9.17, 15) is 29.4 Å². The van der Waals surface area contributed by atoms with Crippen molar-refractivity contribution in [2.24, 2.45) is 28.6 Å². The summed E-state index contributed by atoms with van der Waals surface area (Å²) in [7, 11) is 0. The Labute approximate surface area is 205 Å².